The van der Waals surface area contributed by atoms with Crippen LogP contribution in [-0.4, -0.2) is 29.6 Å². The fourth-order valence-corrected chi connectivity index (χ4v) is 2.69. The molecule has 0 fully saturated rings. The number of hydrogen-bond acceptors (Lipinski definition) is 1. The van der Waals surface area contributed by atoms with Gasteiger partial charge in [-0.2, -0.15) is 13.2 Å². The van der Waals surface area contributed by atoms with Crippen LogP contribution in [0, 0.1) is 0 Å². The van der Waals surface area contributed by atoms with Gasteiger partial charge in [0.1, 0.15) is 6.54 Å². The normalized spacial score (nSPS) is 11.8. The fourth-order valence-electron chi connectivity index (χ4n) is 2.11. The number of halogens is 5. The average Bonchev–Trinajstić information content (AvgIpc) is 2.40. The highest BCUT2D eigenvalue weighted by Gasteiger charge is 2.36. The Morgan fingerprint density at radius 1 is 1.33 bits per heavy atom. The maximum atomic E-state index is 12.8. The molecule has 0 aliphatic rings. The van der Waals surface area contributed by atoms with Crippen molar-refractivity contribution in [3.05, 3.63) is 33.3 Å². The number of rotatable bonds is 5. The second-order valence-electron chi connectivity index (χ2n) is 4.62. The van der Waals surface area contributed by atoms with E-state index in [9.17, 15) is 18.0 Å². The zero-order valence-corrected chi connectivity index (χ0v) is 14.0. The smallest absolute Gasteiger partial charge is 0.327 e. The van der Waals surface area contributed by atoms with Gasteiger partial charge in [0.2, 0.25) is 0 Å². The number of nitrogens with zero attached hydrogens (tertiary/aromatic N) is 1. The Morgan fingerprint density at radius 2 is 1.90 bits per heavy atom. The lowest BCUT2D eigenvalue weighted by atomic mass is 10.1. The molecule has 118 valence electrons. The van der Waals surface area contributed by atoms with Crippen molar-refractivity contribution in [1.29, 1.82) is 0 Å². The molecule has 21 heavy (non-hydrogen) atoms. The maximum Gasteiger partial charge on any atom is 0.406 e. The quantitative estimate of drug-likeness (QED) is 0.673. The van der Waals surface area contributed by atoms with Crippen LogP contribution in [0.3, 0.4) is 0 Å². The summed E-state index contributed by atoms with van der Waals surface area (Å²) in [4.78, 5) is 13.3. The third-order valence-corrected chi connectivity index (χ3v) is 4.47. The molecular weight excluding hydrogens is 371 g/mol. The summed E-state index contributed by atoms with van der Waals surface area (Å²) in [5, 5.41) is 0.126. The van der Waals surface area contributed by atoms with Crippen LogP contribution >= 0.6 is 27.5 Å². The molecule has 1 aromatic rings. The molecule has 0 N–H and O–H groups in total. The third-order valence-electron chi connectivity index (χ3n) is 3.18. The number of amides is 1. The van der Waals surface area contributed by atoms with Crippen LogP contribution < -0.4 is 0 Å². The van der Waals surface area contributed by atoms with Crippen LogP contribution in [0.2, 0.25) is 5.02 Å². The van der Waals surface area contributed by atoms with Crippen molar-refractivity contribution in [2.24, 2.45) is 0 Å². The highest BCUT2D eigenvalue weighted by molar-refractivity contribution is 9.10. The number of alkyl halides is 3. The molecule has 0 unspecified atom stereocenters. The second kappa shape index (κ2) is 7.49. The predicted molar refractivity (Wildman–Crippen MR) is 80.6 cm³/mol. The molecule has 0 aromatic heterocycles. The van der Waals surface area contributed by atoms with Gasteiger partial charge in [-0.25, -0.2) is 0 Å². The Balaban J connectivity index is 3.18. The van der Waals surface area contributed by atoms with E-state index >= 15 is 0 Å². The average molecular weight is 387 g/mol. The zero-order valence-electron chi connectivity index (χ0n) is 11.7. The number of hydrogen-bond donors (Lipinski definition) is 0. The monoisotopic (exact) mass is 385 g/mol. The van der Waals surface area contributed by atoms with E-state index in [0.29, 0.717) is 17.3 Å². The van der Waals surface area contributed by atoms with E-state index in [-0.39, 0.29) is 10.6 Å². The van der Waals surface area contributed by atoms with Crippen LogP contribution in [-0.2, 0) is 0 Å². The highest BCUT2D eigenvalue weighted by atomic mass is 79.9. The van der Waals surface area contributed by atoms with Gasteiger partial charge in [0.25, 0.3) is 5.91 Å². The molecule has 0 aliphatic heterocycles. The summed E-state index contributed by atoms with van der Waals surface area (Å²) < 4.78 is 38.8. The first-order valence-corrected chi connectivity index (χ1v) is 7.70. The Kier molecular flexibility index (Phi) is 6.53. The van der Waals surface area contributed by atoms with Gasteiger partial charge in [0.05, 0.1) is 10.6 Å². The van der Waals surface area contributed by atoms with Gasteiger partial charge in [-0.15, -0.1) is 0 Å². The minimum absolute atomic E-state index is 0.0715. The summed E-state index contributed by atoms with van der Waals surface area (Å²) in [6.45, 7) is 2.24. The Morgan fingerprint density at radius 3 is 2.38 bits per heavy atom. The zero-order chi connectivity index (χ0) is 16.2. The number of carbonyl (C=O) groups is 1. The summed E-state index contributed by atoms with van der Waals surface area (Å²) in [6.07, 6.45) is -3.55. The Hall–Kier alpha value is -0.750. The first kappa shape index (κ1) is 18.3. The fraction of sp³-hybridized carbons (Fsp3) is 0.500. The molecule has 0 saturated carbocycles. The Labute approximate surface area is 135 Å². The van der Waals surface area contributed by atoms with Crippen LogP contribution in [0.5, 0.6) is 0 Å². The first-order valence-electron chi connectivity index (χ1n) is 6.53. The summed E-state index contributed by atoms with van der Waals surface area (Å²) in [5.41, 5.74) is 0.0715. The predicted octanol–water partition coefficient (Wildman–Crippen LogP) is 5.30. The lowest BCUT2D eigenvalue weighted by Gasteiger charge is -2.31. The molecule has 0 atom stereocenters. The van der Waals surface area contributed by atoms with Crippen LogP contribution in [0.4, 0.5) is 13.2 Å². The SMILES string of the molecule is CCC(CC)N(CC(F)(F)F)C(=O)c1cccc(Br)c1Cl. The maximum absolute atomic E-state index is 12.8. The van der Waals surface area contributed by atoms with Crippen molar-refractivity contribution >= 4 is 33.4 Å². The van der Waals surface area contributed by atoms with E-state index in [1.807, 2.05) is 0 Å². The molecular formula is C14H16BrClF3NO. The van der Waals surface area contributed by atoms with E-state index in [4.69, 9.17) is 11.6 Å². The molecule has 0 aliphatic carbocycles. The number of carbonyl (C=O) groups excluding carboxylic acids is 1. The van der Waals surface area contributed by atoms with E-state index in [2.05, 4.69) is 15.9 Å². The molecule has 1 amide bonds. The molecule has 1 rings (SSSR count). The van der Waals surface area contributed by atoms with Crippen molar-refractivity contribution in [2.45, 2.75) is 38.9 Å². The molecule has 2 nitrogen and oxygen atoms in total. The molecule has 0 radical (unpaired) electrons. The van der Waals surface area contributed by atoms with Gasteiger partial charge in [-0.1, -0.05) is 31.5 Å². The van der Waals surface area contributed by atoms with Crippen molar-refractivity contribution in [2.75, 3.05) is 6.54 Å². The molecule has 1 aromatic carbocycles. The molecule has 0 spiro atoms. The van der Waals surface area contributed by atoms with Crippen LogP contribution in [0.15, 0.2) is 22.7 Å². The van der Waals surface area contributed by atoms with E-state index < -0.39 is 24.7 Å². The molecule has 7 heteroatoms. The van der Waals surface area contributed by atoms with Crippen LogP contribution in [0.25, 0.3) is 0 Å². The van der Waals surface area contributed by atoms with Crippen molar-refractivity contribution in [1.82, 2.24) is 4.90 Å². The molecule has 0 heterocycles. The molecule has 0 bridgehead atoms. The lowest BCUT2D eigenvalue weighted by molar-refractivity contribution is -0.144. The highest BCUT2D eigenvalue weighted by Crippen LogP contribution is 2.29. The molecule has 0 saturated heterocycles. The largest absolute Gasteiger partial charge is 0.406 e. The van der Waals surface area contributed by atoms with Crippen molar-refractivity contribution in [3.8, 4) is 0 Å². The second-order valence-corrected chi connectivity index (χ2v) is 5.85. The van der Waals surface area contributed by atoms with Gasteiger partial charge in [-0.05, 0) is 40.9 Å². The first-order chi connectivity index (χ1) is 9.71. The van der Waals surface area contributed by atoms with Crippen LogP contribution in [0.1, 0.15) is 37.0 Å². The Bertz CT molecular complexity index is 503. The standard InChI is InChI=1S/C14H16BrClF3NO/c1-3-9(4-2)20(8-14(17,18)19)13(21)10-6-5-7-11(15)12(10)16/h5-7,9H,3-4,8H2,1-2H3. The van der Waals surface area contributed by atoms with E-state index in [1.165, 1.54) is 6.07 Å². The van der Waals surface area contributed by atoms with Gasteiger partial charge >= 0.3 is 6.18 Å². The van der Waals surface area contributed by atoms with Gasteiger partial charge in [0, 0.05) is 10.5 Å². The van der Waals surface area contributed by atoms with Gasteiger partial charge < -0.3 is 4.90 Å². The van der Waals surface area contributed by atoms with Gasteiger partial charge in [0.15, 0.2) is 0 Å². The number of benzene rings is 1. The topological polar surface area (TPSA) is 20.3 Å². The summed E-state index contributed by atoms with van der Waals surface area (Å²) >= 11 is 9.19. The minimum atomic E-state index is -4.45. The summed E-state index contributed by atoms with van der Waals surface area (Å²) in [6, 6.07) is 4.15. The van der Waals surface area contributed by atoms with E-state index in [1.54, 1.807) is 26.0 Å². The minimum Gasteiger partial charge on any atom is -0.327 e. The third kappa shape index (κ3) is 4.88. The summed E-state index contributed by atoms with van der Waals surface area (Å²) in [7, 11) is 0. The van der Waals surface area contributed by atoms with Crippen molar-refractivity contribution in [3.63, 3.8) is 0 Å². The lowest BCUT2D eigenvalue weighted by Crippen LogP contribution is -2.45. The summed E-state index contributed by atoms with van der Waals surface area (Å²) in [5.74, 6) is -0.702. The van der Waals surface area contributed by atoms with Crippen molar-refractivity contribution < 1.29 is 18.0 Å². The van der Waals surface area contributed by atoms with Gasteiger partial charge in [-0.3, -0.25) is 4.79 Å². The van der Waals surface area contributed by atoms with E-state index in [0.717, 1.165) is 4.90 Å².